The zero-order chi connectivity index (χ0) is 5.70. The van der Waals surface area contributed by atoms with E-state index in [2.05, 4.69) is 0 Å². The van der Waals surface area contributed by atoms with Gasteiger partial charge in [0.1, 0.15) is 0 Å². The first-order chi connectivity index (χ1) is 3.27. The summed E-state index contributed by atoms with van der Waals surface area (Å²) in [5.74, 6) is 0. The van der Waals surface area contributed by atoms with Crippen LogP contribution in [-0.2, 0) is 4.79 Å². The van der Waals surface area contributed by atoms with Crippen LogP contribution < -0.4 is 0 Å². The molecule has 0 aromatic carbocycles. The molecule has 0 amide bonds. The highest BCUT2D eigenvalue weighted by molar-refractivity contribution is 6.66. The van der Waals surface area contributed by atoms with Gasteiger partial charge in [0.15, 0.2) is 0 Å². The number of rotatable bonds is 2. The molecule has 0 radical (unpaired) electrons. The van der Waals surface area contributed by atoms with Gasteiger partial charge in [-0.25, -0.2) is 0 Å². The van der Waals surface area contributed by atoms with E-state index in [1.54, 1.807) is 0 Å². The molecule has 0 heterocycles. The smallest absolute Gasteiger partial charge is 0.244 e. The predicted octanol–water partition coefficient (Wildman–Crippen LogP) is 0.300. The summed E-state index contributed by atoms with van der Waals surface area (Å²) in [6.45, 7) is -0.140. The molecule has 0 bridgehead atoms. The summed E-state index contributed by atoms with van der Waals surface area (Å²) < 4.78 is 0. The zero-order valence-electron chi connectivity index (χ0n) is 3.60. The lowest BCUT2D eigenvalue weighted by Crippen LogP contribution is -1.77. The van der Waals surface area contributed by atoms with Crippen molar-refractivity contribution in [3.63, 3.8) is 0 Å². The third-order valence-electron chi connectivity index (χ3n) is 0.354. The average Bonchev–Trinajstić information content (AvgIpc) is 1.61. The lowest BCUT2D eigenvalue weighted by molar-refractivity contribution is -0.107. The quantitative estimate of drug-likeness (QED) is 0.421. The first-order valence-electron chi connectivity index (χ1n) is 1.74. The third-order valence-corrected chi connectivity index (χ3v) is 0.480. The van der Waals surface area contributed by atoms with Crippen molar-refractivity contribution in [2.75, 3.05) is 6.61 Å². The lowest BCUT2D eigenvalue weighted by atomic mass is 10.5. The van der Waals surface area contributed by atoms with Gasteiger partial charge in [-0.1, -0.05) is 6.08 Å². The van der Waals surface area contributed by atoms with Gasteiger partial charge in [0, 0.05) is 0 Å². The molecule has 0 atom stereocenters. The van der Waals surface area contributed by atoms with Gasteiger partial charge in [0.05, 0.1) is 6.61 Å². The summed E-state index contributed by atoms with van der Waals surface area (Å²) in [6, 6.07) is 0. The summed E-state index contributed by atoms with van der Waals surface area (Å²) >= 11 is 4.82. The highest BCUT2D eigenvalue weighted by Crippen LogP contribution is 1.79. The molecule has 0 spiro atoms. The molecule has 7 heavy (non-hydrogen) atoms. The van der Waals surface area contributed by atoms with Crippen LogP contribution in [0.2, 0.25) is 0 Å². The maximum Gasteiger partial charge on any atom is 0.244 e. The Balaban J connectivity index is 3.26. The van der Waals surface area contributed by atoms with Gasteiger partial charge in [0.25, 0.3) is 0 Å². The van der Waals surface area contributed by atoms with Crippen LogP contribution in [0.15, 0.2) is 12.2 Å². The van der Waals surface area contributed by atoms with Gasteiger partial charge >= 0.3 is 0 Å². The van der Waals surface area contributed by atoms with Crippen molar-refractivity contribution >= 4 is 16.8 Å². The van der Waals surface area contributed by atoms with Crippen molar-refractivity contribution in [3.05, 3.63) is 12.2 Å². The minimum absolute atomic E-state index is 0.140. The van der Waals surface area contributed by atoms with E-state index in [4.69, 9.17) is 16.7 Å². The molecule has 0 aliphatic rings. The third kappa shape index (κ3) is 5.66. The molecular weight excluding hydrogens is 115 g/mol. The molecule has 0 rings (SSSR count). The van der Waals surface area contributed by atoms with Gasteiger partial charge in [-0.15, -0.1) is 0 Å². The summed E-state index contributed by atoms with van der Waals surface area (Å²) in [6.07, 6.45) is 2.37. The van der Waals surface area contributed by atoms with Crippen LogP contribution in [0.5, 0.6) is 0 Å². The van der Waals surface area contributed by atoms with Crippen LogP contribution in [-0.4, -0.2) is 17.0 Å². The van der Waals surface area contributed by atoms with E-state index in [0.29, 0.717) is 0 Å². The molecule has 0 fully saturated rings. The van der Waals surface area contributed by atoms with E-state index in [-0.39, 0.29) is 6.61 Å². The second-order valence-electron chi connectivity index (χ2n) is 0.889. The molecule has 3 heteroatoms. The topological polar surface area (TPSA) is 37.3 Å². The number of aliphatic hydroxyl groups is 1. The Bertz CT molecular complexity index is 87.7. The fraction of sp³-hybridized carbons (Fsp3) is 0.250. The van der Waals surface area contributed by atoms with Gasteiger partial charge in [0.2, 0.25) is 5.24 Å². The van der Waals surface area contributed by atoms with Crippen LogP contribution in [0, 0.1) is 0 Å². The largest absolute Gasteiger partial charge is 0.392 e. The Morgan fingerprint density at radius 2 is 2.43 bits per heavy atom. The molecule has 0 saturated carbocycles. The van der Waals surface area contributed by atoms with Gasteiger partial charge < -0.3 is 5.11 Å². The second-order valence-corrected chi connectivity index (χ2v) is 1.26. The molecular formula is C4H5ClO2. The number of hydrogen-bond acceptors (Lipinski definition) is 2. The first kappa shape index (κ1) is 6.66. The molecule has 0 aromatic rings. The van der Waals surface area contributed by atoms with Gasteiger partial charge in [-0.2, -0.15) is 0 Å². The van der Waals surface area contributed by atoms with Crippen molar-refractivity contribution in [1.29, 1.82) is 0 Å². The Morgan fingerprint density at radius 1 is 1.86 bits per heavy atom. The minimum Gasteiger partial charge on any atom is -0.392 e. The Hall–Kier alpha value is -0.340. The number of allylic oxidation sites excluding steroid dienone is 1. The molecule has 2 nitrogen and oxygen atoms in total. The summed E-state index contributed by atoms with van der Waals surface area (Å²) in [5.41, 5.74) is 0. The lowest BCUT2D eigenvalue weighted by Gasteiger charge is -1.72. The predicted molar refractivity (Wildman–Crippen MR) is 27.1 cm³/mol. The first-order valence-corrected chi connectivity index (χ1v) is 2.12. The monoisotopic (exact) mass is 120 g/mol. The van der Waals surface area contributed by atoms with Crippen molar-refractivity contribution in [1.82, 2.24) is 0 Å². The molecule has 0 aliphatic carbocycles. The van der Waals surface area contributed by atoms with Crippen LogP contribution >= 0.6 is 11.6 Å². The van der Waals surface area contributed by atoms with E-state index >= 15 is 0 Å². The number of carbonyl (C=O) groups excluding carboxylic acids is 1. The maximum absolute atomic E-state index is 9.77. The standard InChI is InChI=1S/C4H5ClO2/c5-4(7)2-1-3-6/h1-2,6H,3H2. The van der Waals surface area contributed by atoms with Crippen LogP contribution in [0.25, 0.3) is 0 Å². The number of aliphatic hydroxyl groups excluding tert-OH is 1. The summed E-state index contributed by atoms with van der Waals surface area (Å²) in [4.78, 5) is 9.77. The normalized spacial score (nSPS) is 10.0. The van der Waals surface area contributed by atoms with Crippen molar-refractivity contribution in [2.45, 2.75) is 0 Å². The fourth-order valence-corrected chi connectivity index (χ4v) is 0.234. The average molecular weight is 121 g/mol. The Labute approximate surface area is 46.4 Å². The van der Waals surface area contributed by atoms with E-state index in [1.165, 1.54) is 6.08 Å². The highest BCUT2D eigenvalue weighted by atomic mass is 35.5. The number of hydrogen-bond donors (Lipinski definition) is 1. The van der Waals surface area contributed by atoms with Gasteiger partial charge in [-0.05, 0) is 17.7 Å². The molecule has 0 saturated heterocycles. The summed E-state index contributed by atoms with van der Waals surface area (Å²) in [5, 5.41) is 7.46. The SMILES string of the molecule is O=C(Cl)C=CCO. The molecule has 0 unspecified atom stereocenters. The van der Waals surface area contributed by atoms with E-state index in [9.17, 15) is 4.79 Å². The molecule has 40 valence electrons. The molecule has 0 aromatic heterocycles. The van der Waals surface area contributed by atoms with E-state index < -0.39 is 5.24 Å². The number of carbonyl (C=O) groups is 1. The van der Waals surface area contributed by atoms with Crippen LogP contribution in [0.1, 0.15) is 0 Å². The molecule has 0 aliphatic heterocycles. The van der Waals surface area contributed by atoms with Crippen molar-refractivity contribution in [2.24, 2.45) is 0 Å². The van der Waals surface area contributed by atoms with E-state index in [0.717, 1.165) is 6.08 Å². The maximum atomic E-state index is 9.77. The fourth-order valence-electron chi connectivity index (χ4n) is 0.145. The number of halogens is 1. The van der Waals surface area contributed by atoms with Crippen molar-refractivity contribution in [3.8, 4) is 0 Å². The zero-order valence-corrected chi connectivity index (χ0v) is 4.35. The summed E-state index contributed by atoms with van der Waals surface area (Å²) in [7, 11) is 0. The minimum atomic E-state index is -0.561. The van der Waals surface area contributed by atoms with Crippen LogP contribution in [0.4, 0.5) is 0 Å². The van der Waals surface area contributed by atoms with Gasteiger partial charge in [-0.3, -0.25) is 4.79 Å². The van der Waals surface area contributed by atoms with E-state index in [1.807, 2.05) is 0 Å². The Kier molecular flexibility index (Phi) is 3.65. The molecule has 1 N–H and O–H groups in total. The van der Waals surface area contributed by atoms with Crippen LogP contribution in [0.3, 0.4) is 0 Å². The highest BCUT2D eigenvalue weighted by Gasteiger charge is 1.79. The Morgan fingerprint density at radius 3 is 2.57 bits per heavy atom. The van der Waals surface area contributed by atoms with Crippen molar-refractivity contribution < 1.29 is 9.90 Å². The second kappa shape index (κ2) is 3.84.